The Morgan fingerprint density at radius 2 is 1.77 bits per heavy atom. The summed E-state index contributed by atoms with van der Waals surface area (Å²) in [4.78, 5) is 12.7. The lowest BCUT2D eigenvalue weighted by Gasteiger charge is -2.18. The molecule has 1 heterocycles. The molecule has 30 heavy (non-hydrogen) atoms. The third-order valence-electron chi connectivity index (χ3n) is 5.03. The fraction of sp³-hybridized carbons (Fsp3) is 0.409. The predicted octanol–water partition coefficient (Wildman–Crippen LogP) is 3.53. The largest absolute Gasteiger partial charge is 0.491 e. The second-order valence-corrected chi connectivity index (χ2v) is 8.98. The monoisotopic (exact) mass is 432 g/mol. The number of hydrogen-bond acceptors (Lipinski definition) is 5. The van der Waals surface area contributed by atoms with Crippen LogP contribution in [0.15, 0.2) is 53.4 Å². The van der Waals surface area contributed by atoms with Gasteiger partial charge in [-0.25, -0.2) is 8.42 Å². The van der Waals surface area contributed by atoms with Gasteiger partial charge >= 0.3 is 0 Å². The van der Waals surface area contributed by atoms with Crippen molar-refractivity contribution in [3.05, 3.63) is 54.1 Å². The van der Waals surface area contributed by atoms with Crippen molar-refractivity contribution in [2.75, 3.05) is 31.6 Å². The maximum atomic E-state index is 12.5. The van der Waals surface area contributed by atoms with Crippen LogP contribution in [0.2, 0.25) is 0 Å². The van der Waals surface area contributed by atoms with E-state index in [0.717, 1.165) is 19.4 Å². The third-order valence-corrected chi connectivity index (χ3v) is 7.10. The summed E-state index contributed by atoms with van der Waals surface area (Å²) in [5, 5.41) is 2.78. The lowest BCUT2D eigenvalue weighted by Crippen LogP contribution is -2.30. The van der Waals surface area contributed by atoms with Gasteiger partial charge in [0.2, 0.25) is 10.0 Å². The van der Waals surface area contributed by atoms with Crippen molar-refractivity contribution < 1.29 is 22.7 Å². The van der Waals surface area contributed by atoms with Crippen LogP contribution in [0, 0.1) is 0 Å². The number of hydrogen-bond donors (Lipinski definition) is 1. The number of amides is 1. The van der Waals surface area contributed by atoms with Gasteiger partial charge in [-0.3, -0.25) is 4.79 Å². The third kappa shape index (κ3) is 5.38. The molecule has 0 saturated carbocycles. The van der Waals surface area contributed by atoms with Gasteiger partial charge in [0.05, 0.1) is 11.0 Å². The molecule has 0 radical (unpaired) electrons. The van der Waals surface area contributed by atoms with E-state index in [1.54, 1.807) is 50.2 Å². The molecule has 2 aromatic rings. The Labute approximate surface area is 178 Å². The van der Waals surface area contributed by atoms with Crippen LogP contribution in [-0.4, -0.2) is 51.0 Å². The Morgan fingerprint density at radius 1 is 1.10 bits per heavy atom. The van der Waals surface area contributed by atoms with E-state index < -0.39 is 10.0 Å². The zero-order valence-electron chi connectivity index (χ0n) is 17.3. The minimum Gasteiger partial charge on any atom is -0.491 e. The summed E-state index contributed by atoms with van der Waals surface area (Å²) in [6, 6.07) is 13.1. The van der Waals surface area contributed by atoms with Gasteiger partial charge in [0.25, 0.3) is 5.91 Å². The molecule has 1 atom stereocenters. The van der Waals surface area contributed by atoms with Crippen LogP contribution in [0.1, 0.15) is 37.0 Å². The van der Waals surface area contributed by atoms with Gasteiger partial charge in [-0.1, -0.05) is 13.8 Å². The quantitative estimate of drug-likeness (QED) is 0.655. The van der Waals surface area contributed by atoms with E-state index in [4.69, 9.17) is 9.47 Å². The minimum atomic E-state index is -3.52. The first-order valence-electron chi connectivity index (χ1n) is 10.2. The molecule has 0 aromatic heterocycles. The lowest BCUT2D eigenvalue weighted by molar-refractivity contribution is 0.0679. The van der Waals surface area contributed by atoms with Crippen molar-refractivity contribution in [1.82, 2.24) is 4.31 Å². The zero-order chi connectivity index (χ0) is 21.6. The SMILES string of the molecule is CCN(CC)S(=O)(=O)c1ccc(NC(=O)c2ccc(OC[C@@H]3CCCO3)cc2)cc1. The molecule has 1 N–H and O–H groups in total. The minimum absolute atomic E-state index is 0.140. The summed E-state index contributed by atoms with van der Waals surface area (Å²) in [6.07, 6.45) is 2.21. The van der Waals surface area contributed by atoms with Gasteiger partial charge in [0, 0.05) is 30.9 Å². The number of sulfonamides is 1. The number of benzene rings is 2. The van der Waals surface area contributed by atoms with Crippen LogP contribution in [0.5, 0.6) is 5.75 Å². The molecule has 1 aliphatic heterocycles. The molecule has 0 bridgehead atoms. The highest BCUT2D eigenvalue weighted by atomic mass is 32.2. The van der Waals surface area contributed by atoms with Gasteiger partial charge in [-0.2, -0.15) is 4.31 Å². The predicted molar refractivity (Wildman–Crippen MR) is 115 cm³/mol. The van der Waals surface area contributed by atoms with Crippen molar-refractivity contribution in [3.8, 4) is 5.75 Å². The fourth-order valence-corrected chi connectivity index (χ4v) is 4.75. The number of carbonyl (C=O) groups excluding carboxylic acids is 1. The lowest BCUT2D eigenvalue weighted by atomic mass is 10.2. The van der Waals surface area contributed by atoms with E-state index >= 15 is 0 Å². The molecule has 1 amide bonds. The molecule has 8 heteroatoms. The number of nitrogens with one attached hydrogen (secondary N) is 1. The number of rotatable bonds is 9. The highest BCUT2D eigenvalue weighted by molar-refractivity contribution is 7.89. The Balaban J connectivity index is 1.59. The number of anilines is 1. The molecular weight excluding hydrogens is 404 g/mol. The van der Waals surface area contributed by atoms with Gasteiger partial charge in [0.1, 0.15) is 12.4 Å². The molecule has 1 fully saturated rings. The highest BCUT2D eigenvalue weighted by Crippen LogP contribution is 2.20. The first-order chi connectivity index (χ1) is 14.4. The van der Waals surface area contributed by atoms with Gasteiger partial charge < -0.3 is 14.8 Å². The van der Waals surface area contributed by atoms with E-state index in [9.17, 15) is 13.2 Å². The first kappa shape index (κ1) is 22.3. The summed E-state index contributed by atoms with van der Waals surface area (Å²) < 4.78 is 37.7. The van der Waals surface area contributed by atoms with E-state index in [0.29, 0.717) is 36.7 Å². The number of carbonyl (C=O) groups is 1. The molecule has 7 nitrogen and oxygen atoms in total. The van der Waals surface area contributed by atoms with Crippen molar-refractivity contribution in [3.63, 3.8) is 0 Å². The summed E-state index contributed by atoms with van der Waals surface area (Å²) in [5.74, 6) is 0.410. The molecule has 162 valence electrons. The second kappa shape index (κ2) is 10.1. The summed E-state index contributed by atoms with van der Waals surface area (Å²) in [7, 11) is -3.52. The van der Waals surface area contributed by atoms with Gasteiger partial charge in [0.15, 0.2) is 0 Å². The highest BCUT2D eigenvalue weighted by Gasteiger charge is 2.21. The zero-order valence-corrected chi connectivity index (χ0v) is 18.2. The molecule has 0 unspecified atom stereocenters. The van der Waals surface area contributed by atoms with Crippen LogP contribution in [0.3, 0.4) is 0 Å². The van der Waals surface area contributed by atoms with Crippen molar-refractivity contribution in [1.29, 1.82) is 0 Å². The van der Waals surface area contributed by atoms with E-state index in [-0.39, 0.29) is 16.9 Å². The van der Waals surface area contributed by atoms with Crippen LogP contribution >= 0.6 is 0 Å². The number of ether oxygens (including phenoxy) is 2. The normalized spacial score (nSPS) is 16.6. The molecule has 0 spiro atoms. The molecular formula is C22H28N2O5S. The standard InChI is InChI=1S/C22H28N2O5S/c1-3-24(4-2)30(26,27)21-13-9-18(10-14-21)23-22(25)17-7-11-19(12-8-17)29-16-20-6-5-15-28-20/h7-14,20H,3-6,15-16H2,1-2H3,(H,23,25)/t20-/m0/s1. The Bertz CT molecular complexity index is 932. The first-order valence-corrected chi connectivity index (χ1v) is 11.6. The molecule has 3 rings (SSSR count). The van der Waals surface area contributed by atoms with E-state index in [1.165, 1.54) is 16.4 Å². The van der Waals surface area contributed by atoms with Gasteiger partial charge in [-0.05, 0) is 61.4 Å². The van der Waals surface area contributed by atoms with Gasteiger partial charge in [-0.15, -0.1) is 0 Å². The van der Waals surface area contributed by atoms with E-state index in [1.807, 2.05) is 0 Å². The Kier molecular flexibility index (Phi) is 7.47. The topological polar surface area (TPSA) is 84.9 Å². The number of nitrogens with zero attached hydrogens (tertiary/aromatic N) is 1. The summed E-state index contributed by atoms with van der Waals surface area (Å²) >= 11 is 0. The van der Waals surface area contributed by atoms with Crippen LogP contribution < -0.4 is 10.1 Å². The Morgan fingerprint density at radius 3 is 2.33 bits per heavy atom. The molecule has 2 aromatic carbocycles. The van der Waals surface area contributed by atoms with Crippen LogP contribution in [0.4, 0.5) is 5.69 Å². The average Bonchev–Trinajstić information content (AvgIpc) is 3.27. The summed E-state index contributed by atoms with van der Waals surface area (Å²) in [5.41, 5.74) is 1.01. The Hall–Kier alpha value is -2.42. The van der Waals surface area contributed by atoms with Crippen molar-refractivity contribution >= 4 is 21.6 Å². The molecule has 1 saturated heterocycles. The average molecular weight is 433 g/mol. The molecule has 1 aliphatic rings. The maximum Gasteiger partial charge on any atom is 0.255 e. The van der Waals surface area contributed by atoms with Crippen LogP contribution in [-0.2, 0) is 14.8 Å². The summed E-state index contributed by atoms with van der Waals surface area (Å²) in [6.45, 7) is 5.71. The van der Waals surface area contributed by atoms with Crippen molar-refractivity contribution in [2.45, 2.75) is 37.7 Å². The molecule has 0 aliphatic carbocycles. The van der Waals surface area contributed by atoms with Crippen LogP contribution in [0.25, 0.3) is 0 Å². The fourth-order valence-electron chi connectivity index (χ4n) is 3.29. The second-order valence-electron chi connectivity index (χ2n) is 7.04. The smallest absolute Gasteiger partial charge is 0.255 e. The van der Waals surface area contributed by atoms with Crippen molar-refractivity contribution in [2.24, 2.45) is 0 Å². The van der Waals surface area contributed by atoms with E-state index in [2.05, 4.69) is 5.32 Å². The maximum absolute atomic E-state index is 12.5.